The average molecular weight is 224 g/mol. The maximum atomic E-state index is 11.1. The van der Waals surface area contributed by atoms with Crippen molar-refractivity contribution in [3.05, 3.63) is 23.8 Å². The second-order valence-electron chi connectivity index (χ2n) is 3.44. The second kappa shape index (κ2) is 6.00. The van der Waals surface area contributed by atoms with Gasteiger partial charge in [0.25, 0.3) is 0 Å². The van der Waals surface area contributed by atoms with Crippen molar-refractivity contribution in [3.8, 4) is 11.5 Å². The Bertz CT molecular complexity index is 360. The Morgan fingerprint density at radius 1 is 1.38 bits per heavy atom. The summed E-state index contributed by atoms with van der Waals surface area (Å²) in [6.07, 6.45) is 1.02. The molecule has 1 aromatic carbocycles. The molecule has 1 aromatic rings. The van der Waals surface area contributed by atoms with E-state index in [4.69, 9.17) is 4.74 Å². The Balaban J connectivity index is 2.77. The molecule has 0 fully saturated rings. The van der Waals surface area contributed by atoms with Gasteiger partial charge in [0.2, 0.25) is 0 Å². The van der Waals surface area contributed by atoms with Crippen molar-refractivity contribution in [2.45, 2.75) is 19.8 Å². The largest absolute Gasteiger partial charge is 0.508 e. The molecule has 0 atom stereocenters. The van der Waals surface area contributed by atoms with E-state index in [9.17, 15) is 9.90 Å². The van der Waals surface area contributed by atoms with Crippen LogP contribution < -0.4 is 4.74 Å². The van der Waals surface area contributed by atoms with E-state index >= 15 is 0 Å². The standard InChI is InChI=1S/C12H16O4/c1-3-4-16-11-6-9(5-10(13)8-11)7-12(14)15-2/h5-6,8,13H,3-4,7H2,1-2H3. The fraction of sp³-hybridized carbons (Fsp3) is 0.417. The molecule has 0 bridgehead atoms. The van der Waals surface area contributed by atoms with E-state index in [1.807, 2.05) is 6.92 Å². The number of phenols is 1. The number of aromatic hydroxyl groups is 1. The zero-order chi connectivity index (χ0) is 12.0. The first kappa shape index (κ1) is 12.4. The molecule has 0 spiro atoms. The molecule has 0 aliphatic rings. The van der Waals surface area contributed by atoms with Crippen molar-refractivity contribution in [1.82, 2.24) is 0 Å². The van der Waals surface area contributed by atoms with Gasteiger partial charge in [0, 0.05) is 6.07 Å². The molecule has 0 radical (unpaired) electrons. The first-order valence-corrected chi connectivity index (χ1v) is 5.18. The van der Waals surface area contributed by atoms with Gasteiger partial charge in [0.1, 0.15) is 11.5 Å². The molecule has 0 aliphatic carbocycles. The summed E-state index contributed by atoms with van der Waals surface area (Å²) in [5.41, 5.74) is 0.679. The predicted octanol–water partition coefficient (Wildman–Crippen LogP) is 1.90. The van der Waals surface area contributed by atoms with Gasteiger partial charge in [0.15, 0.2) is 0 Å². The number of rotatable bonds is 5. The van der Waals surface area contributed by atoms with Crippen LogP contribution in [-0.4, -0.2) is 24.8 Å². The van der Waals surface area contributed by atoms with Gasteiger partial charge < -0.3 is 14.6 Å². The number of methoxy groups -OCH3 is 1. The number of carbonyl (C=O) groups is 1. The van der Waals surface area contributed by atoms with Crippen LogP contribution in [0.15, 0.2) is 18.2 Å². The van der Waals surface area contributed by atoms with Crippen LogP contribution in [-0.2, 0) is 16.0 Å². The fourth-order valence-corrected chi connectivity index (χ4v) is 1.29. The smallest absolute Gasteiger partial charge is 0.309 e. The average Bonchev–Trinajstić information content (AvgIpc) is 2.25. The molecule has 4 heteroatoms. The summed E-state index contributed by atoms with van der Waals surface area (Å²) in [5, 5.41) is 9.45. The molecule has 0 heterocycles. The normalized spacial score (nSPS) is 9.88. The van der Waals surface area contributed by atoms with E-state index < -0.39 is 0 Å². The van der Waals surface area contributed by atoms with Crippen molar-refractivity contribution < 1.29 is 19.4 Å². The van der Waals surface area contributed by atoms with Crippen molar-refractivity contribution in [2.75, 3.05) is 13.7 Å². The lowest BCUT2D eigenvalue weighted by atomic mass is 10.1. The highest BCUT2D eigenvalue weighted by Gasteiger charge is 2.06. The number of ether oxygens (including phenoxy) is 2. The molecule has 16 heavy (non-hydrogen) atoms. The molecule has 0 aromatic heterocycles. The molecule has 0 aliphatic heterocycles. The van der Waals surface area contributed by atoms with Crippen LogP contribution in [0.1, 0.15) is 18.9 Å². The lowest BCUT2D eigenvalue weighted by Gasteiger charge is -2.07. The van der Waals surface area contributed by atoms with Gasteiger partial charge in [-0.3, -0.25) is 4.79 Å². The Hall–Kier alpha value is -1.71. The van der Waals surface area contributed by atoms with Crippen molar-refractivity contribution >= 4 is 5.97 Å². The van der Waals surface area contributed by atoms with Crippen LogP contribution in [0.2, 0.25) is 0 Å². The number of carbonyl (C=O) groups excluding carboxylic acids is 1. The molecule has 4 nitrogen and oxygen atoms in total. The van der Waals surface area contributed by atoms with E-state index in [2.05, 4.69) is 4.74 Å². The quantitative estimate of drug-likeness (QED) is 0.776. The first-order valence-electron chi connectivity index (χ1n) is 5.18. The van der Waals surface area contributed by atoms with Crippen LogP contribution in [0.3, 0.4) is 0 Å². The molecular formula is C12H16O4. The third kappa shape index (κ3) is 3.81. The summed E-state index contributed by atoms with van der Waals surface area (Å²) in [6, 6.07) is 4.78. The number of hydrogen-bond acceptors (Lipinski definition) is 4. The van der Waals surface area contributed by atoms with Gasteiger partial charge in [-0.1, -0.05) is 6.92 Å². The minimum absolute atomic E-state index is 0.0903. The Morgan fingerprint density at radius 2 is 2.12 bits per heavy atom. The Morgan fingerprint density at radius 3 is 2.75 bits per heavy atom. The Labute approximate surface area is 94.8 Å². The van der Waals surface area contributed by atoms with E-state index in [0.717, 1.165) is 6.42 Å². The lowest BCUT2D eigenvalue weighted by molar-refractivity contribution is -0.139. The van der Waals surface area contributed by atoms with Crippen molar-refractivity contribution in [3.63, 3.8) is 0 Å². The highest BCUT2D eigenvalue weighted by molar-refractivity contribution is 5.72. The van der Waals surface area contributed by atoms with Crippen LogP contribution >= 0.6 is 0 Å². The minimum Gasteiger partial charge on any atom is -0.508 e. The number of esters is 1. The van der Waals surface area contributed by atoms with Gasteiger partial charge in [-0.15, -0.1) is 0 Å². The highest BCUT2D eigenvalue weighted by Crippen LogP contribution is 2.22. The van der Waals surface area contributed by atoms with Gasteiger partial charge in [0.05, 0.1) is 20.1 Å². The zero-order valence-corrected chi connectivity index (χ0v) is 9.53. The molecule has 1 N–H and O–H groups in total. The number of hydrogen-bond donors (Lipinski definition) is 1. The molecule has 0 amide bonds. The maximum Gasteiger partial charge on any atom is 0.309 e. The van der Waals surface area contributed by atoms with Crippen molar-refractivity contribution in [1.29, 1.82) is 0 Å². The summed E-state index contributed by atoms with van der Waals surface area (Å²) in [5.74, 6) is 0.320. The van der Waals surface area contributed by atoms with Crippen LogP contribution in [0, 0.1) is 0 Å². The lowest BCUT2D eigenvalue weighted by Crippen LogP contribution is -2.04. The summed E-state index contributed by atoms with van der Waals surface area (Å²) in [6.45, 7) is 2.58. The van der Waals surface area contributed by atoms with Gasteiger partial charge in [-0.05, 0) is 24.1 Å². The van der Waals surface area contributed by atoms with Crippen molar-refractivity contribution in [2.24, 2.45) is 0 Å². The van der Waals surface area contributed by atoms with E-state index in [1.165, 1.54) is 19.2 Å². The zero-order valence-electron chi connectivity index (χ0n) is 9.53. The van der Waals surface area contributed by atoms with E-state index in [0.29, 0.717) is 17.9 Å². The van der Waals surface area contributed by atoms with Gasteiger partial charge in [-0.25, -0.2) is 0 Å². The number of benzene rings is 1. The van der Waals surface area contributed by atoms with Gasteiger partial charge in [-0.2, -0.15) is 0 Å². The number of phenolic OH excluding ortho intramolecular Hbond substituents is 1. The SMILES string of the molecule is CCCOc1cc(O)cc(CC(=O)OC)c1. The summed E-state index contributed by atoms with van der Waals surface area (Å²) in [4.78, 5) is 11.1. The first-order chi connectivity index (χ1) is 7.65. The summed E-state index contributed by atoms with van der Waals surface area (Å²) in [7, 11) is 1.33. The second-order valence-corrected chi connectivity index (χ2v) is 3.44. The van der Waals surface area contributed by atoms with E-state index in [1.54, 1.807) is 6.07 Å². The van der Waals surface area contributed by atoms with Crippen LogP contribution in [0.5, 0.6) is 11.5 Å². The highest BCUT2D eigenvalue weighted by atomic mass is 16.5. The summed E-state index contributed by atoms with van der Waals surface area (Å²) >= 11 is 0. The van der Waals surface area contributed by atoms with Crippen LogP contribution in [0.25, 0.3) is 0 Å². The third-order valence-corrected chi connectivity index (χ3v) is 2.00. The molecular weight excluding hydrogens is 208 g/mol. The van der Waals surface area contributed by atoms with E-state index in [-0.39, 0.29) is 18.1 Å². The van der Waals surface area contributed by atoms with Gasteiger partial charge >= 0.3 is 5.97 Å². The maximum absolute atomic E-state index is 11.1. The topological polar surface area (TPSA) is 55.8 Å². The summed E-state index contributed by atoms with van der Waals surface area (Å²) < 4.78 is 9.93. The fourth-order valence-electron chi connectivity index (χ4n) is 1.29. The Kier molecular flexibility index (Phi) is 4.64. The molecule has 0 saturated heterocycles. The molecule has 88 valence electrons. The monoisotopic (exact) mass is 224 g/mol. The minimum atomic E-state index is -0.341. The molecule has 0 saturated carbocycles. The van der Waals surface area contributed by atoms with Crippen LogP contribution in [0.4, 0.5) is 0 Å². The third-order valence-electron chi connectivity index (χ3n) is 2.00. The molecule has 0 unspecified atom stereocenters. The molecule has 1 rings (SSSR count). The predicted molar refractivity (Wildman–Crippen MR) is 59.6 cm³/mol.